The van der Waals surface area contributed by atoms with Crippen LogP contribution in [0.5, 0.6) is 0 Å². The number of hydrogen-bond donors (Lipinski definition) is 1. The van der Waals surface area contributed by atoms with Crippen LogP contribution in [-0.2, 0) is 11.3 Å². The van der Waals surface area contributed by atoms with E-state index < -0.39 is 0 Å². The molecule has 0 unspecified atom stereocenters. The van der Waals surface area contributed by atoms with Crippen molar-refractivity contribution in [2.24, 2.45) is 5.41 Å². The highest BCUT2D eigenvalue weighted by Crippen LogP contribution is 2.48. The molecular weight excluding hydrogens is 260 g/mol. The number of nitrogens with one attached hydrogen (secondary N) is 1. The van der Waals surface area contributed by atoms with E-state index in [9.17, 15) is 0 Å². The summed E-state index contributed by atoms with van der Waals surface area (Å²) < 4.78 is 5.15. The van der Waals surface area contributed by atoms with Crippen LogP contribution < -0.4 is 5.32 Å². The molecule has 1 aliphatic carbocycles. The third-order valence-electron chi connectivity index (χ3n) is 3.79. The number of rotatable bonds is 7. The second-order valence-corrected chi connectivity index (χ2v) is 5.67. The number of halogens is 1. The summed E-state index contributed by atoms with van der Waals surface area (Å²) >= 11 is 6.15. The van der Waals surface area contributed by atoms with Gasteiger partial charge in [-0.2, -0.15) is 5.26 Å². The smallest absolute Gasteiger partial charge is 0.0992 e. The van der Waals surface area contributed by atoms with E-state index in [0.29, 0.717) is 16.0 Å². The molecule has 0 radical (unpaired) electrons. The molecule has 0 aliphatic heterocycles. The molecule has 1 N–H and O–H groups in total. The Labute approximate surface area is 119 Å². The Hall–Kier alpha value is -1.08. The van der Waals surface area contributed by atoms with Gasteiger partial charge >= 0.3 is 0 Å². The van der Waals surface area contributed by atoms with Crippen LogP contribution in [0, 0.1) is 16.7 Å². The molecule has 0 heterocycles. The quantitative estimate of drug-likeness (QED) is 0.833. The Morgan fingerprint density at radius 1 is 1.47 bits per heavy atom. The van der Waals surface area contributed by atoms with Crippen LogP contribution in [0.2, 0.25) is 5.02 Å². The number of nitriles is 1. The van der Waals surface area contributed by atoms with Crippen molar-refractivity contribution in [2.75, 3.05) is 20.3 Å². The molecule has 1 aromatic rings. The fourth-order valence-electron chi connectivity index (χ4n) is 2.23. The molecule has 0 bridgehead atoms. The van der Waals surface area contributed by atoms with E-state index in [-0.39, 0.29) is 0 Å². The van der Waals surface area contributed by atoms with Gasteiger partial charge in [-0.05, 0) is 42.4 Å². The van der Waals surface area contributed by atoms with Crippen molar-refractivity contribution in [3.63, 3.8) is 0 Å². The Morgan fingerprint density at radius 2 is 2.26 bits per heavy atom. The Balaban J connectivity index is 1.81. The molecule has 102 valence electrons. The monoisotopic (exact) mass is 278 g/mol. The van der Waals surface area contributed by atoms with Crippen LogP contribution in [0.25, 0.3) is 0 Å². The lowest BCUT2D eigenvalue weighted by Gasteiger charge is -2.16. The van der Waals surface area contributed by atoms with E-state index in [1.807, 2.05) is 6.07 Å². The lowest BCUT2D eigenvalue weighted by Crippen LogP contribution is -2.24. The molecular formula is C15H19ClN2O. The van der Waals surface area contributed by atoms with Gasteiger partial charge in [-0.1, -0.05) is 17.7 Å². The Morgan fingerprint density at radius 3 is 2.84 bits per heavy atom. The van der Waals surface area contributed by atoms with E-state index >= 15 is 0 Å². The second kappa shape index (κ2) is 6.38. The maximum Gasteiger partial charge on any atom is 0.0992 e. The minimum Gasteiger partial charge on any atom is -0.385 e. The molecule has 3 nitrogen and oxygen atoms in total. The summed E-state index contributed by atoms with van der Waals surface area (Å²) in [5, 5.41) is 12.9. The first-order chi connectivity index (χ1) is 9.19. The number of hydrogen-bond acceptors (Lipinski definition) is 3. The van der Waals surface area contributed by atoms with Crippen molar-refractivity contribution in [1.29, 1.82) is 5.26 Å². The minimum absolute atomic E-state index is 0.440. The fourth-order valence-corrected chi connectivity index (χ4v) is 2.48. The average Bonchev–Trinajstić information content (AvgIpc) is 3.19. The molecule has 1 fully saturated rings. The fraction of sp³-hybridized carbons (Fsp3) is 0.533. The predicted octanol–water partition coefficient (Wildman–Crippen LogP) is 3.12. The van der Waals surface area contributed by atoms with Gasteiger partial charge in [0.25, 0.3) is 0 Å². The van der Waals surface area contributed by atoms with Crippen molar-refractivity contribution in [1.82, 2.24) is 5.32 Å². The summed E-state index contributed by atoms with van der Waals surface area (Å²) in [6, 6.07) is 7.53. The normalized spacial score (nSPS) is 16.1. The molecule has 0 amide bonds. The molecule has 1 saturated carbocycles. The lowest BCUT2D eigenvalue weighted by atomic mass is 10.0. The largest absolute Gasteiger partial charge is 0.385 e. The third-order valence-corrected chi connectivity index (χ3v) is 4.14. The number of methoxy groups -OCH3 is 1. The summed E-state index contributed by atoms with van der Waals surface area (Å²) in [6.45, 7) is 2.59. The summed E-state index contributed by atoms with van der Waals surface area (Å²) in [6.07, 6.45) is 3.69. The van der Waals surface area contributed by atoms with Gasteiger partial charge in [0, 0.05) is 31.8 Å². The minimum atomic E-state index is 0.440. The van der Waals surface area contributed by atoms with Crippen LogP contribution in [0.3, 0.4) is 0 Å². The van der Waals surface area contributed by atoms with Crippen LogP contribution >= 0.6 is 11.6 Å². The molecule has 0 spiro atoms. The van der Waals surface area contributed by atoms with Gasteiger partial charge in [0.15, 0.2) is 0 Å². The van der Waals surface area contributed by atoms with Crippen molar-refractivity contribution in [3.8, 4) is 6.07 Å². The first-order valence-electron chi connectivity index (χ1n) is 6.57. The molecule has 1 aromatic carbocycles. The molecule has 1 aliphatic rings. The van der Waals surface area contributed by atoms with E-state index in [1.54, 1.807) is 19.2 Å². The topological polar surface area (TPSA) is 45.0 Å². The molecule has 19 heavy (non-hydrogen) atoms. The van der Waals surface area contributed by atoms with Gasteiger partial charge in [0.1, 0.15) is 0 Å². The van der Waals surface area contributed by atoms with E-state index in [0.717, 1.165) is 31.7 Å². The van der Waals surface area contributed by atoms with Crippen molar-refractivity contribution in [2.45, 2.75) is 25.8 Å². The summed E-state index contributed by atoms with van der Waals surface area (Å²) in [4.78, 5) is 0. The van der Waals surface area contributed by atoms with Crippen LogP contribution in [0.1, 0.15) is 30.4 Å². The highest BCUT2D eigenvalue weighted by atomic mass is 35.5. The van der Waals surface area contributed by atoms with Gasteiger partial charge in [-0.25, -0.2) is 0 Å². The first-order valence-corrected chi connectivity index (χ1v) is 6.95. The van der Waals surface area contributed by atoms with Gasteiger partial charge in [0.2, 0.25) is 0 Å². The van der Waals surface area contributed by atoms with E-state index in [2.05, 4.69) is 11.4 Å². The number of benzene rings is 1. The molecule has 4 heteroatoms. The summed E-state index contributed by atoms with van der Waals surface area (Å²) in [5.74, 6) is 0. The van der Waals surface area contributed by atoms with Crippen LogP contribution in [0.4, 0.5) is 0 Å². The Kier molecular flexibility index (Phi) is 4.81. The predicted molar refractivity (Wildman–Crippen MR) is 76.0 cm³/mol. The molecule has 0 atom stereocenters. The zero-order valence-electron chi connectivity index (χ0n) is 11.2. The van der Waals surface area contributed by atoms with Gasteiger partial charge in [-0.15, -0.1) is 0 Å². The standard InChI is InChI=1S/C15H19ClN2O/c1-19-7-6-15(4-5-15)11-18-10-13-3-2-12(9-17)8-14(13)16/h2-3,8,18H,4-7,10-11H2,1H3. The van der Waals surface area contributed by atoms with E-state index in [1.165, 1.54) is 12.8 Å². The van der Waals surface area contributed by atoms with Crippen molar-refractivity contribution >= 4 is 11.6 Å². The first kappa shape index (κ1) is 14.3. The highest BCUT2D eigenvalue weighted by Gasteiger charge is 2.41. The maximum absolute atomic E-state index is 8.79. The van der Waals surface area contributed by atoms with Crippen LogP contribution in [0.15, 0.2) is 18.2 Å². The summed E-state index contributed by atoms with van der Waals surface area (Å²) in [5.41, 5.74) is 2.09. The third kappa shape index (κ3) is 3.94. The maximum atomic E-state index is 8.79. The Bertz CT molecular complexity index is 478. The number of ether oxygens (including phenoxy) is 1. The van der Waals surface area contributed by atoms with Gasteiger partial charge in [0.05, 0.1) is 11.6 Å². The van der Waals surface area contributed by atoms with E-state index in [4.69, 9.17) is 21.6 Å². The van der Waals surface area contributed by atoms with Crippen molar-refractivity contribution in [3.05, 3.63) is 34.3 Å². The summed E-state index contributed by atoms with van der Waals surface area (Å²) in [7, 11) is 1.75. The molecule has 2 rings (SSSR count). The highest BCUT2D eigenvalue weighted by molar-refractivity contribution is 6.31. The molecule has 0 aromatic heterocycles. The van der Waals surface area contributed by atoms with Crippen molar-refractivity contribution < 1.29 is 4.74 Å². The van der Waals surface area contributed by atoms with Gasteiger partial charge < -0.3 is 10.1 Å². The average molecular weight is 279 g/mol. The zero-order chi connectivity index (χ0) is 13.7. The van der Waals surface area contributed by atoms with Crippen LogP contribution in [-0.4, -0.2) is 20.3 Å². The zero-order valence-corrected chi connectivity index (χ0v) is 12.0. The SMILES string of the molecule is COCCC1(CNCc2ccc(C#N)cc2Cl)CC1. The number of nitrogens with zero attached hydrogens (tertiary/aromatic N) is 1. The molecule has 0 saturated heterocycles. The van der Waals surface area contributed by atoms with Gasteiger partial charge in [-0.3, -0.25) is 0 Å². The lowest BCUT2D eigenvalue weighted by molar-refractivity contribution is 0.171. The second-order valence-electron chi connectivity index (χ2n) is 5.26.